The molecule has 3 atom stereocenters. The fraction of sp³-hybridized carbons (Fsp3) is 0.600. The van der Waals surface area contributed by atoms with Crippen molar-refractivity contribution >= 4 is 7.82 Å². The maximum Gasteiger partial charge on any atom is 0.473 e. The van der Waals surface area contributed by atoms with E-state index in [1.54, 1.807) is 0 Å². The van der Waals surface area contributed by atoms with Crippen LogP contribution in [-0.4, -0.2) is 48.4 Å². The molecule has 22 heavy (non-hydrogen) atoms. The minimum atomic E-state index is -5.13. The zero-order valence-corrected chi connectivity index (χ0v) is 12.3. The standard InChI is InChI=1S/C10H15N2O9P/c1-5-3-12(9(16)11-8(5)15)10(21-22(17,18)19)2-6(14)7(4-13)20-10/h3,6-7,13-14H,2,4H2,1H3,(H,11,15,16)(H2,17,18,19)/t6-,7+,10-/m0/s1. The van der Waals surface area contributed by atoms with Crippen LogP contribution in [0.15, 0.2) is 15.8 Å². The van der Waals surface area contributed by atoms with Crippen LogP contribution in [0.1, 0.15) is 12.0 Å². The molecular weight excluding hydrogens is 323 g/mol. The second-order valence-corrected chi connectivity index (χ2v) is 6.01. The van der Waals surface area contributed by atoms with Gasteiger partial charge < -0.3 is 24.7 Å². The van der Waals surface area contributed by atoms with Crippen LogP contribution >= 0.6 is 7.82 Å². The number of nitrogens with one attached hydrogen (secondary N) is 1. The molecule has 0 radical (unpaired) electrons. The summed E-state index contributed by atoms with van der Waals surface area (Å²) in [6, 6.07) is 0. The van der Waals surface area contributed by atoms with Gasteiger partial charge in [-0.25, -0.2) is 18.5 Å². The maximum atomic E-state index is 11.9. The third-order valence-corrected chi connectivity index (χ3v) is 3.68. The van der Waals surface area contributed by atoms with Crippen molar-refractivity contribution in [2.24, 2.45) is 0 Å². The number of ether oxygens (including phenoxy) is 1. The first-order valence-corrected chi connectivity index (χ1v) is 7.67. The number of aromatic amines is 1. The van der Waals surface area contributed by atoms with Gasteiger partial charge >= 0.3 is 13.5 Å². The van der Waals surface area contributed by atoms with Gasteiger partial charge in [-0.1, -0.05) is 0 Å². The van der Waals surface area contributed by atoms with Gasteiger partial charge in [0.25, 0.3) is 11.5 Å². The molecule has 0 unspecified atom stereocenters. The van der Waals surface area contributed by atoms with E-state index >= 15 is 0 Å². The molecule has 1 aromatic heterocycles. The summed E-state index contributed by atoms with van der Waals surface area (Å²) in [5, 5.41) is 18.9. The average molecular weight is 338 g/mol. The number of aryl methyl sites for hydroxylation is 1. The number of hydrogen-bond donors (Lipinski definition) is 5. The normalized spacial score (nSPS) is 29.0. The van der Waals surface area contributed by atoms with E-state index in [4.69, 9.17) is 19.6 Å². The van der Waals surface area contributed by atoms with Crippen LogP contribution in [0.25, 0.3) is 0 Å². The van der Waals surface area contributed by atoms with Crippen LogP contribution < -0.4 is 11.2 Å². The molecule has 0 spiro atoms. The summed E-state index contributed by atoms with van der Waals surface area (Å²) in [4.78, 5) is 43.3. The summed E-state index contributed by atoms with van der Waals surface area (Å²) >= 11 is 0. The minimum absolute atomic E-state index is 0.0545. The molecule has 1 aliphatic heterocycles. The highest BCUT2D eigenvalue weighted by atomic mass is 31.2. The van der Waals surface area contributed by atoms with Crippen molar-refractivity contribution in [3.8, 4) is 0 Å². The summed E-state index contributed by atoms with van der Waals surface area (Å²) < 4.78 is 21.6. The molecule has 12 heteroatoms. The summed E-state index contributed by atoms with van der Waals surface area (Å²) in [5.74, 6) is -2.35. The molecule has 1 saturated heterocycles. The largest absolute Gasteiger partial charge is 0.473 e. The Kier molecular flexibility index (Phi) is 4.42. The summed E-state index contributed by atoms with van der Waals surface area (Å²) in [5.41, 5.74) is -1.68. The van der Waals surface area contributed by atoms with Crippen molar-refractivity contribution in [2.45, 2.75) is 31.5 Å². The number of phosphoric acid groups is 1. The quantitative estimate of drug-likeness (QED) is 0.379. The minimum Gasteiger partial charge on any atom is -0.394 e. The van der Waals surface area contributed by atoms with Gasteiger partial charge in [-0.2, -0.15) is 0 Å². The van der Waals surface area contributed by atoms with E-state index in [2.05, 4.69) is 4.52 Å². The number of nitrogens with zero attached hydrogens (tertiary/aromatic N) is 1. The molecule has 0 aliphatic carbocycles. The lowest BCUT2D eigenvalue weighted by atomic mass is 10.2. The average Bonchev–Trinajstić information content (AvgIpc) is 2.68. The highest BCUT2D eigenvalue weighted by Gasteiger charge is 2.52. The molecule has 1 aromatic rings. The predicted molar refractivity (Wildman–Crippen MR) is 69.7 cm³/mol. The van der Waals surface area contributed by atoms with Gasteiger partial charge in [0.1, 0.15) is 6.10 Å². The number of aliphatic hydroxyl groups is 2. The number of phosphoric ester groups is 1. The summed E-state index contributed by atoms with van der Waals surface area (Å²) in [7, 11) is -5.13. The first-order chi connectivity index (χ1) is 10.1. The number of H-pyrrole nitrogens is 1. The van der Waals surface area contributed by atoms with E-state index in [0.29, 0.717) is 4.57 Å². The Labute approximate surface area is 123 Å². The molecule has 5 N–H and O–H groups in total. The van der Waals surface area contributed by atoms with Gasteiger partial charge in [0.15, 0.2) is 0 Å². The lowest BCUT2D eigenvalue weighted by Gasteiger charge is -2.30. The van der Waals surface area contributed by atoms with Gasteiger partial charge in [0.05, 0.1) is 19.1 Å². The molecule has 1 aliphatic rings. The van der Waals surface area contributed by atoms with Crippen molar-refractivity contribution in [1.29, 1.82) is 0 Å². The fourth-order valence-electron chi connectivity index (χ4n) is 2.18. The molecule has 0 bridgehead atoms. The van der Waals surface area contributed by atoms with Crippen LogP contribution in [0.4, 0.5) is 0 Å². The smallest absolute Gasteiger partial charge is 0.394 e. The molecule has 2 heterocycles. The van der Waals surface area contributed by atoms with E-state index in [1.807, 2.05) is 4.98 Å². The van der Waals surface area contributed by atoms with Crippen molar-refractivity contribution < 1.29 is 33.8 Å². The summed E-state index contributed by atoms with van der Waals surface area (Å²) in [6.07, 6.45) is -2.10. The Hall–Kier alpha value is -1.33. The van der Waals surface area contributed by atoms with Crippen molar-refractivity contribution in [1.82, 2.24) is 9.55 Å². The molecule has 124 valence electrons. The SMILES string of the molecule is Cc1cn([C@@]2(OP(=O)(O)O)C[C@H](O)[C@@H](CO)O2)c(=O)[nH]c1=O. The van der Waals surface area contributed by atoms with E-state index in [1.165, 1.54) is 6.92 Å². The second-order valence-electron chi connectivity index (χ2n) is 4.85. The summed E-state index contributed by atoms with van der Waals surface area (Å²) in [6.45, 7) is 0.694. The zero-order chi connectivity index (χ0) is 16.7. The molecular formula is C10H15N2O9P. The molecule has 1 fully saturated rings. The molecule has 0 amide bonds. The Bertz CT molecular complexity index is 722. The van der Waals surface area contributed by atoms with Crippen LogP contribution in [0, 0.1) is 6.92 Å². The van der Waals surface area contributed by atoms with Crippen molar-refractivity contribution in [3.63, 3.8) is 0 Å². The fourth-order valence-corrected chi connectivity index (χ4v) is 2.76. The van der Waals surface area contributed by atoms with Gasteiger partial charge in [0, 0.05) is 11.8 Å². The first kappa shape index (κ1) is 17.0. The molecule has 2 rings (SSSR count). The molecule has 11 nitrogen and oxygen atoms in total. The van der Waals surface area contributed by atoms with Crippen LogP contribution in [0.3, 0.4) is 0 Å². The van der Waals surface area contributed by atoms with E-state index in [9.17, 15) is 19.3 Å². The van der Waals surface area contributed by atoms with E-state index in [-0.39, 0.29) is 5.56 Å². The number of aliphatic hydroxyl groups excluding tert-OH is 2. The third kappa shape index (κ3) is 3.20. The number of aromatic nitrogens is 2. The maximum absolute atomic E-state index is 11.9. The first-order valence-electron chi connectivity index (χ1n) is 6.14. The third-order valence-electron chi connectivity index (χ3n) is 3.16. The Balaban J connectivity index is 2.61. The second kappa shape index (κ2) is 5.70. The van der Waals surface area contributed by atoms with Gasteiger partial charge in [-0.15, -0.1) is 0 Å². The Morgan fingerprint density at radius 2 is 2.18 bits per heavy atom. The number of rotatable bonds is 4. The topological polar surface area (TPSA) is 171 Å². The predicted octanol–water partition coefficient (Wildman–Crippen LogP) is -2.29. The zero-order valence-electron chi connectivity index (χ0n) is 11.4. The van der Waals surface area contributed by atoms with Crippen LogP contribution in [0.2, 0.25) is 0 Å². The van der Waals surface area contributed by atoms with Gasteiger partial charge in [-0.3, -0.25) is 9.78 Å². The monoisotopic (exact) mass is 338 g/mol. The van der Waals surface area contributed by atoms with Gasteiger partial charge in [-0.05, 0) is 6.92 Å². The van der Waals surface area contributed by atoms with E-state index < -0.39 is 50.2 Å². The van der Waals surface area contributed by atoms with Crippen LogP contribution in [0.5, 0.6) is 0 Å². The van der Waals surface area contributed by atoms with Crippen molar-refractivity contribution in [2.75, 3.05) is 6.61 Å². The van der Waals surface area contributed by atoms with Crippen LogP contribution in [-0.2, 0) is 19.7 Å². The lowest BCUT2D eigenvalue weighted by molar-refractivity contribution is -0.247. The Morgan fingerprint density at radius 1 is 1.55 bits per heavy atom. The molecule has 0 aromatic carbocycles. The van der Waals surface area contributed by atoms with Crippen molar-refractivity contribution in [3.05, 3.63) is 32.6 Å². The molecule has 0 saturated carbocycles. The van der Waals surface area contributed by atoms with E-state index in [0.717, 1.165) is 6.20 Å². The van der Waals surface area contributed by atoms with Gasteiger partial charge in [0.2, 0.25) is 0 Å². The number of hydrogen-bond acceptors (Lipinski definition) is 7. The lowest BCUT2D eigenvalue weighted by Crippen LogP contribution is -2.46. The highest BCUT2D eigenvalue weighted by Crippen LogP contribution is 2.48. The highest BCUT2D eigenvalue weighted by molar-refractivity contribution is 7.46. The Morgan fingerprint density at radius 3 is 2.68 bits per heavy atom.